The molecule has 2 amide bonds. The number of carbonyl (C=O) groups is 2. The molecule has 1 aliphatic carbocycles. The molecule has 1 saturated heterocycles. The minimum atomic E-state index is -3.74. The number of amides is 2. The molecule has 2 atom stereocenters. The van der Waals surface area contributed by atoms with E-state index in [0.29, 0.717) is 22.6 Å². The summed E-state index contributed by atoms with van der Waals surface area (Å²) in [6, 6.07) is 12.4. The highest BCUT2D eigenvalue weighted by atomic mass is 35.5. The SMILES string of the molecule is Cc1ccc(CN2C(=O)[C@@H]3CCCC[C@H]3C2=O)cc1S(=O)(=O)NCCc1ccc(Cl)cc1. The summed E-state index contributed by atoms with van der Waals surface area (Å²) >= 11 is 5.89. The van der Waals surface area contributed by atoms with E-state index >= 15 is 0 Å². The number of nitrogens with one attached hydrogen (secondary N) is 1. The molecular formula is C24H27ClN2O4S. The predicted molar refractivity (Wildman–Crippen MR) is 123 cm³/mol. The van der Waals surface area contributed by atoms with Gasteiger partial charge in [0, 0.05) is 11.6 Å². The van der Waals surface area contributed by atoms with Crippen molar-refractivity contribution in [3.8, 4) is 0 Å². The van der Waals surface area contributed by atoms with Crippen LogP contribution in [0.25, 0.3) is 0 Å². The Bertz CT molecular complexity index is 1110. The fourth-order valence-corrected chi connectivity index (χ4v) is 6.11. The molecule has 2 aromatic rings. The summed E-state index contributed by atoms with van der Waals surface area (Å²) in [7, 11) is -3.74. The van der Waals surface area contributed by atoms with Crippen molar-refractivity contribution in [2.75, 3.05) is 6.54 Å². The molecule has 32 heavy (non-hydrogen) atoms. The molecular weight excluding hydrogens is 448 g/mol. The monoisotopic (exact) mass is 474 g/mol. The first-order chi connectivity index (χ1) is 15.3. The van der Waals surface area contributed by atoms with Crippen LogP contribution in [-0.2, 0) is 32.6 Å². The minimum absolute atomic E-state index is 0.109. The Kier molecular flexibility index (Phi) is 6.70. The van der Waals surface area contributed by atoms with Crippen LogP contribution in [0.2, 0.25) is 5.02 Å². The molecule has 170 valence electrons. The number of fused-ring (bicyclic) bond motifs is 1. The number of hydrogen-bond acceptors (Lipinski definition) is 4. The molecule has 1 aliphatic heterocycles. The van der Waals surface area contributed by atoms with Crippen molar-refractivity contribution in [1.29, 1.82) is 0 Å². The molecule has 2 aromatic carbocycles. The van der Waals surface area contributed by atoms with Gasteiger partial charge in [-0.15, -0.1) is 0 Å². The molecule has 4 rings (SSSR count). The zero-order valence-corrected chi connectivity index (χ0v) is 19.6. The first-order valence-electron chi connectivity index (χ1n) is 10.9. The van der Waals surface area contributed by atoms with Crippen molar-refractivity contribution in [2.24, 2.45) is 11.8 Å². The highest BCUT2D eigenvalue weighted by Crippen LogP contribution is 2.38. The number of carbonyl (C=O) groups excluding carboxylic acids is 2. The van der Waals surface area contributed by atoms with Gasteiger partial charge in [0.2, 0.25) is 21.8 Å². The maximum absolute atomic E-state index is 12.9. The lowest BCUT2D eigenvalue weighted by atomic mass is 9.81. The van der Waals surface area contributed by atoms with Gasteiger partial charge in [-0.05, 0) is 61.1 Å². The third-order valence-electron chi connectivity index (χ3n) is 6.43. The highest BCUT2D eigenvalue weighted by Gasteiger charge is 2.47. The number of imide groups is 1. The molecule has 0 unspecified atom stereocenters. The van der Waals surface area contributed by atoms with Crippen molar-refractivity contribution in [2.45, 2.75) is 50.5 Å². The second kappa shape index (κ2) is 9.33. The maximum Gasteiger partial charge on any atom is 0.240 e. The minimum Gasteiger partial charge on any atom is -0.278 e. The molecule has 1 saturated carbocycles. The van der Waals surface area contributed by atoms with Crippen LogP contribution in [-0.4, -0.2) is 31.7 Å². The fourth-order valence-electron chi connectivity index (χ4n) is 4.66. The van der Waals surface area contributed by atoms with Crippen LogP contribution < -0.4 is 4.72 Å². The van der Waals surface area contributed by atoms with Gasteiger partial charge in [0.1, 0.15) is 0 Å². The zero-order valence-electron chi connectivity index (χ0n) is 18.0. The van der Waals surface area contributed by atoms with E-state index in [1.54, 1.807) is 37.3 Å². The fraction of sp³-hybridized carbons (Fsp3) is 0.417. The Morgan fingerprint density at radius 3 is 2.19 bits per heavy atom. The van der Waals surface area contributed by atoms with Crippen LogP contribution in [0, 0.1) is 18.8 Å². The third-order valence-corrected chi connectivity index (χ3v) is 8.29. The zero-order chi connectivity index (χ0) is 22.9. The average Bonchev–Trinajstić information content (AvgIpc) is 3.01. The van der Waals surface area contributed by atoms with Crippen LogP contribution in [0.5, 0.6) is 0 Å². The van der Waals surface area contributed by atoms with Gasteiger partial charge in [-0.2, -0.15) is 0 Å². The number of rotatable bonds is 7. The van der Waals surface area contributed by atoms with Crippen molar-refractivity contribution < 1.29 is 18.0 Å². The number of likely N-dealkylation sites (tertiary alicyclic amines) is 1. The van der Waals surface area contributed by atoms with E-state index in [2.05, 4.69) is 4.72 Å². The number of aryl methyl sites for hydroxylation is 1. The van der Waals surface area contributed by atoms with Gasteiger partial charge in [-0.1, -0.05) is 48.7 Å². The molecule has 0 spiro atoms. The molecule has 0 radical (unpaired) electrons. The summed E-state index contributed by atoms with van der Waals surface area (Å²) in [5.41, 5.74) is 2.23. The first kappa shape index (κ1) is 23.0. The summed E-state index contributed by atoms with van der Waals surface area (Å²) < 4.78 is 28.5. The van der Waals surface area contributed by atoms with Gasteiger partial charge >= 0.3 is 0 Å². The number of halogens is 1. The van der Waals surface area contributed by atoms with E-state index in [1.807, 2.05) is 12.1 Å². The number of hydrogen-bond donors (Lipinski definition) is 1. The Labute approximate surface area is 194 Å². The largest absolute Gasteiger partial charge is 0.278 e. The number of benzene rings is 2. The van der Waals surface area contributed by atoms with E-state index < -0.39 is 10.0 Å². The number of sulfonamides is 1. The quantitative estimate of drug-likeness (QED) is 0.618. The second-order valence-corrected chi connectivity index (χ2v) is 10.8. The van der Waals surface area contributed by atoms with E-state index in [4.69, 9.17) is 11.6 Å². The Balaban J connectivity index is 1.46. The van der Waals surface area contributed by atoms with E-state index in [-0.39, 0.29) is 41.6 Å². The highest BCUT2D eigenvalue weighted by molar-refractivity contribution is 7.89. The topological polar surface area (TPSA) is 83.6 Å². The second-order valence-electron chi connectivity index (χ2n) is 8.63. The van der Waals surface area contributed by atoms with E-state index in [9.17, 15) is 18.0 Å². The Morgan fingerprint density at radius 2 is 1.56 bits per heavy atom. The standard InChI is InChI=1S/C24H27ClN2O4S/c1-16-6-7-18(15-27-23(28)20-4-2-3-5-21(20)24(27)29)14-22(16)32(30,31)26-13-12-17-8-10-19(25)11-9-17/h6-11,14,20-21,26H,2-5,12-13,15H2,1H3/t20-,21-/m1/s1. The van der Waals surface area contributed by atoms with Gasteiger partial charge in [0.15, 0.2) is 0 Å². The normalized spacial score (nSPS) is 21.1. The molecule has 0 aromatic heterocycles. The molecule has 0 bridgehead atoms. The molecule has 8 heteroatoms. The molecule has 1 heterocycles. The number of nitrogens with zero attached hydrogens (tertiary/aromatic N) is 1. The van der Waals surface area contributed by atoms with Gasteiger partial charge in [-0.25, -0.2) is 13.1 Å². The van der Waals surface area contributed by atoms with Crippen LogP contribution in [0.1, 0.15) is 42.4 Å². The maximum atomic E-state index is 12.9. The summed E-state index contributed by atoms with van der Waals surface area (Å²) in [6.45, 7) is 2.09. The van der Waals surface area contributed by atoms with Gasteiger partial charge in [0.25, 0.3) is 0 Å². The van der Waals surface area contributed by atoms with Crippen LogP contribution in [0.15, 0.2) is 47.4 Å². The van der Waals surface area contributed by atoms with Crippen LogP contribution >= 0.6 is 11.6 Å². The first-order valence-corrected chi connectivity index (χ1v) is 12.8. The van der Waals surface area contributed by atoms with Crippen molar-refractivity contribution in [3.63, 3.8) is 0 Å². The summed E-state index contributed by atoms with van der Waals surface area (Å²) in [5.74, 6) is -0.657. The molecule has 6 nitrogen and oxygen atoms in total. The van der Waals surface area contributed by atoms with Crippen molar-refractivity contribution in [1.82, 2.24) is 9.62 Å². The predicted octanol–water partition coefficient (Wildman–Crippen LogP) is 3.84. The van der Waals surface area contributed by atoms with Crippen molar-refractivity contribution in [3.05, 3.63) is 64.2 Å². The summed E-state index contributed by atoms with van der Waals surface area (Å²) in [5, 5.41) is 0.635. The van der Waals surface area contributed by atoms with Gasteiger partial charge in [-0.3, -0.25) is 14.5 Å². The smallest absolute Gasteiger partial charge is 0.240 e. The van der Waals surface area contributed by atoms with Gasteiger partial charge < -0.3 is 0 Å². The van der Waals surface area contributed by atoms with Gasteiger partial charge in [0.05, 0.1) is 23.3 Å². The van der Waals surface area contributed by atoms with E-state index in [0.717, 1.165) is 31.2 Å². The lowest BCUT2D eigenvalue weighted by Crippen LogP contribution is -2.31. The van der Waals surface area contributed by atoms with E-state index in [1.165, 1.54) is 4.90 Å². The van der Waals surface area contributed by atoms with Crippen LogP contribution in [0.3, 0.4) is 0 Å². The Hall–Kier alpha value is -2.22. The lowest BCUT2D eigenvalue weighted by molar-refractivity contribution is -0.140. The van der Waals surface area contributed by atoms with Crippen LogP contribution in [0.4, 0.5) is 0 Å². The lowest BCUT2D eigenvalue weighted by Gasteiger charge is -2.19. The van der Waals surface area contributed by atoms with Crippen molar-refractivity contribution >= 4 is 33.4 Å². The molecule has 2 aliphatic rings. The Morgan fingerprint density at radius 1 is 0.969 bits per heavy atom. The summed E-state index contributed by atoms with van der Waals surface area (Å²) in [4.78, 5) is 27.0. The molecule has 1 N–H and O–H groups in total. The third kappa shape index (κ3) is 4.75. The molecule has 2 fully saturated rings. The average molecular weight is 475 g/mol. The summed E-state index contributed by atoms with van der Waals surface area (Å²) in [6.07, 6.45) is 4.01.